The third kappa shape index (κ3) is 2.45. The second kappa shape index (κ2) is 5.20. The van der Waals surface area contributed by atoms with Gasteiger partial charge < -0.3 is 5.73 Å². The van der Waals surface area contributed by atoms with Crippen LogP contribution in [-0.4, -0.2) is 24.4 Å². The van der Waals surface area contributed by atoms with Gasteiger partial charge in [-0.15, -0.1) is 0 Å². The molecule has 0 aliphatic heterocycles. The number of halogens is 10. The van der Waals surface area contributed by atoms with E-state index >= 15 is 0 Å². The largest absolute Gasteiger partial charge is 0.460 e. The van der Waals surface area contributed by atoms with Crippen LogP contribution < -0.4 is 5.73 Å². The van der Waals surface area contributed by atoms with Gasteiger partial charge >= 0.3 is 18.0 Å². The third-order valence-corrected chi connectivity index (χ3v) is 2.84. The van der Waals surface area contributed by atoms with Gasteiger partial charge in [0.25, 0.3) is 12.1 Å². The Morgan fingerprint density at radius 2 is 1.14 bits per heavy atom. The zero-order valence-corrected chi connectivity index (χ0v) is 10.2. The Balaban J connectivity index is 3.57. The van der Waals surface area contributed by atoms with Crippen molar-refractivity contribution >= 4 is 5.69 Å². The van der Waals surface area contributed by atoms with Crippen LogP contribution in [0.5, 0.6) is 0 Å². The molecule has 0 saturated carbocycles. The Morgan fingerprint density at radius 1 is 0.727 bits per heavy atom. The average Bonchev–Trinajstić information content (AvgIpc) is 2.36. The predicted molar refractivity (Wildman–Crippen MR) is 55.6 cm³/mol. The SMILES string of the molecule is Nc1ccc(C(F)(C(F)F)C(F)(F)C(F)(F)C(F)(F)F)cc1. The quantitative estimate of drug-likeness (QED) is 0.631. The van der Waals surface area contributed by atoms with Gasteiger partial charge in [0.05, 0.1) is 0 Å². The Hall–Kier alpha value is -1.68. The highest BCUT2D eigenvalue weighted by Gasteiger charge is 2.83. The topological polar surface area (TPSA) is 26.0 Å². The minimum atomic E-state index is -7.02. The summed E-state index contributed by atoms with van der Waals surface area (Å²) < 4.78 is 128. The molecule has 0 aliphatic rings. The summed E-state index contributed by atoms with van der Waals surface area (Å²) in [7, 11) is 0. The lowest BCUT2D eigenvalue weighted by Gasteiger charge is -2.38. The van der Waals surface area contributed by atoms with E-state index in [1.807, 2.05) is 0 Å². The molecular weight excluding hydrogens is 336 g/mol. The van der Waals surface area contributed by atoms with E-state index in [2.05, 4.69) is 0 Å². The van der Waals surface area contributed by atoms with Crippen LogP contribution in [0.3, 0.4) is 0 Å². The van der Waals surface area contributed by atoms with Crippen LogP contribution in [0.15, 0.2) is 24.3 Å². The van der Waals surface area contributed by atoms with Gasteiger partial charge in [-0.1, -0.05) is 12.1 Å². The molecule has 0 radical (unpaired) electrons. The van der Waals surface area contributed by atoms with Crippen molar-refractivity contribution < 1.29 is 43.9 Å². The molecule has 0 amide bonds. The van der Waals surface area contributed by atoms with Crippen LogP contribution in [0.4, 0.5) is 49.6 Å². The average molecular weight is 343 g/mol. The Morgan fingerprint density at radius 3 is 1.45 bits per heavy atom. The second-order valence-electron chi connectivity index (χ2n) is 4.28. The third-order valence-electron chi connectivity index (χ3n) is 2.84. The van der Waals surface area contributed by atoms with Crippen molar-refractivity contribution in [1.29, 1.82) is 0 Å². The molecule has 1 rings (SSSR count). The molecule has 126 valence electrons. The smallest absolute Gasteiger partial charge is 0.399 e. The molecule has 2 N–H and O–H groups in total. The molecule has 0 spiro atoms. The molecule has 1 nitrogen and oxygen atoms in total. The fraction of sp³-hybridized carbons (Fsp3) is 0.455. The summed E-state index contributed by atoms with van der Waals surface area (Å²) in [5.74, 6) is -13.8. The highest BCUT2D eigenvalue weighted by molar-refractivity contribution is 5.42. The maximum Gasteiger partial charge on any atom is 0.460 e. The lowest BCUT2D eigenvalue weighted by atomic mass is 9.85. The molecule has 0 bridgehead atoms. The van der Waals surface area contributed by atoms with Gasteiger partial charge in [0.15, 0.2) is 0 Å². The van der Waals surface area contributed by atoms with Crippen molar-refractivity contribution in [1.82, 2.24) is 0 Å². The molecule has 0 aromatic heterocycles. The van der Waals surface area contributed by atoms with Gasteiger partial charge in [0, 0.05) is 11.3 Å². The van der Waals surface area contributed by atoms with E-state index < -0.39 is 35.7 Å². The van der Waals surface area contributed by atoms with Crippen molar-refractivity contribution in [2.24, 2.45) is 0 Å². The summed E-state index contributed by atoms with van der Waals surface area (Å²) in [6, 6.07) is 1.57. The molecular formula is C11H7F10N. The fourth-order valence-corrected chi connectivity index (χ4v) is 1.58. The van der Waals surface area contributed by atoms with Crippen LogP contribution in [0.1, 0.15) is 5.56 Å². The van der Waals surface area contributed by atoms with Gasteiger partial charge in [-0.2, -0.15) is 30.7 Å². The Bertz CT molecular complexity index is 521. The van der Waals surface area contributed by atoms with Crippen molar-refractivity contribution in [3.8, 4) is 0 Å². The first-order valence-electron chi connectivity index (χ1n) is 5.35. The lowest BCUT2D eigenvalue weighted by molar-refractivity contribution is -0.392. The first-order valence-corrected chi connectivity index (χ1v) is 5.35. The molecule has 1 aromatic rings. The van der Waals surface area contributed by atoms with Gasteiger partial charge in [0.1, 0.15) is 0 Å². The Labute approximate surface area is 116 Å². The van der Waals surface area contributed by atoms with Gasteiger partial charge in [-0.3, -0.25) is 0 Å². The van der Waals surface area contributed by atoms with E-state index in [0.29, 0.717) is 12.1 Å². The minimum absolute atomic E-state index is 0.182. The number of hydrogen-bond donors (Lipinski definition) is 1. The summed E-state index contributed by atoms with van der Waals surface area (Å²) >= 11 is 0. The highest BCUT2D eigenvalue weighted by atomic mass is 19.4. The van der Waals surface area contributed by atoms with Crippen LogP contribution in [0.25, 0.3) is 0 Å². The lowest BCUT2D eigenvalue weighted by Crippen LogP contribution is -2.63. The van der Waals surface area contributed by atoms with Gasteiger partial charge in [-0.25, -0.2) is 13.2 Å². The molecule has 11 heteroatoms. The van der Waals surface area contributed by atoms with Crippen molar-refractivity contribution in [3.63, 3.8) is 0 Å². The van der Waals surface area contributed by atoms with Gasteiger partial charge in [-0.05, 0) is 12.1 Å². The Kier molecular flexibility index (Phi) is 4.34. The molecule has 0 aliphatic carbocycles. The van der Waals surface area contributed by atoms with Crippen LogP contribution in [0.2, 0.25) is 0 Å². The minimum Gasteiger partial charge on any atom is -0.399 e. The fourth-order valence-electron chi connectivity index (χ4n) is 1.58. The predicted octanol–water partition coefficient (Wildman–Crippen LogP) is 4.53. The van der Waals surface area contributed by atoms with E-state index in [-0.39, 0.29) is 17.8 Å². The van der Waals surface area contributed by atoms with E-state index in [1.54, 1.807) is 0 Å². The van der Waals surface area contributed by atoms with E-state index in [1.165, 1.54) is 0 Å². The maximum atomic E-state index is 14.1. The summed E-state index contributed by atoms with van der Waals surface area (Å²) in [4.78, 5) is 0. The number of hydrogen-bond acceptors (Lipinski definition) is 1. The molecule has 0 fully saturated rings. The van der Waals surface area contributed by atoms with Crippen molar-refractivity contribution in [3.05, 3.63) is 29.8 Å². The van der Waals surface area contributed by atoms with Crippen molar-refractivity contribution in [2.45, 2.75) is 30.1 Å². The summed E-state index contributed by atoms with van der Waals surface area (Å²) in [5.41, 5.74) is -2.47. The zero-order chi connectivity index (χ0) is 17.6. The number of nitrogen functional groups attached to an aromatic ring is 1. The monoisotopic (exact) mass is 343 g/mol. The number of rotatable bonds is 4. The number of anilines is 1. The zero-order valence-electron chi connectivity index (χ0n) is 10.2. The maximum absolute atomic E-state index is 14.1. The molecule has 1 aromatic carbocycles. The molecule has 0 heterocycles. The van der Waals surface area contributed by atoms with Crippen LogP contribution in [-0.2, 0) is 5.67 Å². The first kappa shape index (κ1) is 18.4. The number of alkyl halides is 10. The van der Waals surface area contributed by atoms with Crippen molar-refractivity contribution in [2.75, 3.05) is 5.73 Å². The first-order chi connectivity index (χ1) is 9.69. The van der Waals surface area contributed by atoms with Gasteiger partial charge in [0.2, 0.25) is 0 Å². The van der Waals surface area contributed by atoms with E-state index in [9.17, 15) is 43.9 Å². The standard InChI is InChI=1S/C11H7F10N/c12-7(13)8(14,5-1-3-6(22)4-2-5)9(15,16)10(17,18)11(19,20)21/h1-4,7H,22H2. The number of benzene rings is 1. The summed E-state index contributed by atoms with van der Waals surface area (Å²) in [6.45, 7) is 0. The normalized spacial score (nSPS) is 16.7. The molecule has 22 heavy (non-hydrogen) atoms. The number of nitrogens with two attached hydrogens (primary N) is 1. The van der Waals surface area contributed by atoms with Crippen LogP contribution >= 0.6 is 0 Å². The second-order valence-corrected chi connectivity index (χ2v) is 4.28. The summed E-state index contributed by atoms with van der Waals surface area (Å²) in [5, 5.41) is 0. The van der Waals surface area contributed by atoms with E-state index in [4.69, 9.17) is 5.73 Å². The van der Waals surface area contributed by atoms with Crippen LogP contribution in [0, 0.1) is 0 Å². The summed E-state index contributed by atoms with van der Waals surface area (Å²) in [6.07, 6.45) is -11.8. The molecule has 1 unspecified atom stereocenters. The van der Waals surface area contributed by atoms with E-state index in [0.717, 1.165) is 0 Å². The highest BCUT2D eigenvalue weighted by Crippen LogP contribution is 2.57. The molecule has 1 atom stereocenters. The molecule has 0 saturated heterocycles.